The highest BCUT2D eigenvalue weighted by molar-refractivity contribution is 5.85. The van der Waals surface area contributed by atoms with Crippen molar-refractivity contribution in [3.63, 3.8) is 0 Å². The third-order valence-electron chi connectivity index (χ3n) is 9.21. The van der Waals surface area contributed by atoms with Crippen molar-refractivity contribution in [2.75, 3.05) is 36.8 Å². The number of nitrogens with zero attached hydrogens (tertiary/aromatic N) is 6. The average molecular weight is 612 g/mol. The lowest BCUT2D eigenvalue weighted by molar-refractivity contribution is 0.112. The summed E-state index contributed by atoms with van der Waals surface area (Å²) in [6.45, 7) is 8.88. The number of pyridine rings is 2. The second-order valence-corrected chi connectivity index (χ2v) is 12.3. The normalized spacial score (nSPS) is 16.5. The monoisotopic (exact) mass is 611 g/mol. The van der Waals surface area contributed by atoms with Crippen molar-refractivity contribution in [2.24, 2.45) is 5.41 Å². The fourth-order valence-corrected chi connectivity index (χ4v) is 6.86. The number of nitrogens with two attached hydrogens (primary N) is 1. The van der Waals surface area contributed by atoms with Crippen LogP contribution in [0.15, 0.2) is 91.2 Å². The molecule has 0 saturated carbocycles. The third-order valence-corrected chi connectivity index (χ3v) is 9.21. The number of anilines is 2. The first-order valence-corrected chi connectivity index (χ1v) is 15.6. The molecule has 232 valence electrons. The maximum Gasteiger partial charge on any atom is 0.165 e. The number of benzene rings is 2. The van der Waals surface area contributed by atoms with Crippen molar-refractivity contribution in [2.45, 2.75) is 26.8 Å². The van der Waals surface area contributed by atoms with Crippen LogP contribution in [0.2, 0.25) is 0 Å². The number of nitrogen functional groups attached to an aromatic ring is 1. The molecule has 5 aromatic rings. The minimum absolute atomic E-state index is 0.0390. The Hall–Kier alpha value is -5.28. The Balaban J connectivity index is 1.12. The minimum atomic E-state index is 0.0390. The van der Waals surface area contributed by atoms with Crippen LogP contribution >= 0.6 is 0 Å². The van der Waals surface area contributed by atoms with E-state index in [2.05, 4.69) is 55.8 Å². The standard InChI is InChI=1S/C37H37N7O2/c1-3-6-26(4-2)31-14-15-32-36(40-31)44(35(41-32)30-7-5-17-39-34(30)38)28-11-8-25(9-12-28)20-42-18-16-37(22-42)23-43(24-37)29-13-10-27(21-45)33(46)19-29/h3-15,17,19,21,46H,16,18,20,22-24H2,1-2H3,(H2,38,39)/b6-3-,26-4+. The molecule has 2 aromatic carbocycles. The largest absolute Gasteiger partial charge is 0.507 e. The number of phenolic OH excluding ortho intramolecular Hbond substituents is 1. The number of rotatable bonds is 8. The highest BCUT2D eigenvalue weighted by Gasteiger charge is 2.47. The Morgan fingerprint density at radius 1 is 1.00 bits per heavy atom. The van der Waals surface area contributed by atoms with Gasteiger partial charge in [-0.05, 0) is 86.5 Å². The number of phenols is 1. The van der Waals surface area contributed by atoms with Gasteiger partial charge in [0.25, 0.3) is 0 Å². The topological polar surface area (TPSA) is 113 Å². The van der Waals surface area contributed by atoms with E-state index in [-0.39, 0.29) is 11.2 Å². The molecule has 0 bridgehead atoms. The van der Waals surface area contributed by atoms with Crippen molar-refractivity contribution in [1.29, 1.82) is 0 Å². The zero-order chi connectivity index (χ0) is 31.8. The Morgan fingerprint density at radius 3 is 2.52 bits per heavy atom. The molecule has 9 heteroatoms. The predicted octanol–water partition coefficient (Wildman–Crippen LogP) is 6.27. The number of imidazole rings is 1. The molecular formula is C37H37N7O2. The number of aromatic nitrogens is 4. The van der Waals surface area contributed by atoms with Gasteiger partial charge in [0.15, 0.2) is 17.8 Å². The quantitative estimate of drug-likeness (QED) is 0.156. The van der Waals surface area contributed by atoms with Gasteiger partial charge in [-0.3, -0.25) is 14.3 Å². The molecule has 0 unspecified atom stereocenters. The van der Waals surface area contributed by atoms with Crippen LogP contribution in [0.1, 0.15) is 41.9 Å². The van der Waals surface area contributed by atoms with Crippen molar-refractivity contribution >= 4 is 34.5 Å². The summed E-state index contributed by atoms with van der Waals surface area (Å²) in [7, 11) is 0. The van der Waals surface area contributed by atoms with E-state index < -0.39 is 0 Å². The first kappa shape index (κ1) is 29.4. The van der Waals surface area contributed by atoms with E-state index in [4.69, 9.17) is 15.7 Å². The molecule has 0 radical (unpaired) electrons. The van der Waals surface area contributed by atoms with Gasteiger partial charge in [-0.2, -0.15) is 0 Å². The van der Waals surface area contributed by atoms with Gasteiger partial charge in [0.2, 0.25) is 0 Å². The van der Waals surface area contributed by atoms with E-state index in [9.17, 15) is 9.90 Å². The van der Waals surface area contributed by atoms with Gasteiger partial charge in [-0.1, -0.05) is 30.4 Å². The summed E-state index contributed by atoms with van der Waals surface area (Å²) in [5, 5.41) is 10.1. The van der Waals surface area contributed by atoms with Crippen LogP contribution in [0.3, 0.4) is 0 Å². The lowest BCUT2D eigenvalue weighted by Gasteiger charge is -2.49. The molecule has 3 aromatic heterocycles. The molecule has 2 fully saturated rings. The summed E-state index contributed by atoms with van der Waals surface area (Å²) in [6, 6.07) is 21.8. The molecule has 5 heterocycles. The molecule has 9 nitrogen and oxygen atoms in total. The number of aldehydes is 1. The van der Waals surface area contributed by atoms with Gasteiger partial charge in [0.05, 0.1) is 16.8 Å². The highest BCUT2D eigenvalue weighted by Crippen LogP contribution is 2.43. The number of carbonyl (C=O) groups is 1. The summed E-state index contributed by atoms with van der Waals surface area (Å²) in [5.41, 5.74) is 14.3. The molecule has 3 N–H and O–H groups in total. The van der Waals surface area contributed by atoms with Crippen LogP contribution in [0.5, 0.6) is 5.75 Å². The fourth-order valence-electron chi connectivity index (χ4n) is 6.86. The summed E-state index contributed by atoms with van der Waals surface area (Å²) in [4.78, 5) is 30.3. The number of hydrogen-bond donors (Lipinski definition) is 2. The van der Waals surface area contributed by atoms with Crippen molar-refractivity contribution in [3.05, 3.63) is 108 Å². The van der Waals surface area contributed by atoms with E-state index in [0.29, 0.717) is 23.5 Å². The van der Waals surface area contributed by atoms with Gasteiger partial charge < -0.3 is 15.7 Å². The molecule has 0 aliphatic carbocycles. The maximum atomic E-state index is 11.1. The van der Waals surface area contributed by atoms with E-state index in [1.165, 1.54) is 5.56 Å². The van der Waals surface area contributed by atoms with E-state index in [0.717, 1.165) is 78.5 Å². The number of aromatic hydroxyl groups is 1. The molecule has 2 aliphatic heterocycles. The van der Waals surface area contributed by atoms with Crippen LogP contribution in [-0.4, -0.2) is 62.0 Å². The second-order valence-electron chi connectivity index (χ2n) is 12.3. The van der Waals surface area contributed by atoms with Crippen LogP contribution in [-0.2, 0) is 6.54 Å². The Bertz CT molecular complexity index is 1990. The first-order valence-electron chi connectivity index (χ1n) is 15.6. The van der Waals surface area contributed by atoms with Crippen LogP contribution in [0.25, 0.3) is 33.8 Å². The highest BCUT2D eigenvalue weighted by atomic mass is 16.3. The Morgan fingerprint density at radius 2 is 1.80 bits per heavy atom. The fraction of sp³-hybridized carbons (Fsp3) is 0.243. The van der Waals surface area contributed by atoms with Gasteiger partial charge in [0, 0.05) is 55.2 Å². The van der Waals surface area contributed by atoms with Crippen LogP contribution < -0.4 is 10.6 Å². The van der Waals surface area contributed by atoms with Gasteiger partial charge in [0.1, 0.15) is 17.1 Å². The van der Waals surface area contributed by atoms with Crippen molar-refractivity contribution < 1.29 is 9.90 Å². The smallest absolute Gasteiger partial charge is 0.165 e. The molecule has 7 rings (SSSR count). The van der Waals surface area contributed by atoms with Gasteiger partial charge in [-0.25, -0.2) is 15.0 Å². The lowest BCUT2D eigenvalue weighted by atomic mass is 9.78. The molecule has 46 heavy (non-hydrogen) atoms. The van der Waals surface area contributed by atoms with Gasteiger partial charge in [-0.15, -0.1) is 0 Å². The Labute approximate surface area is 268 Å². The SMILES string of the molecule is C/C=C\C(=C/C)c1ccc2nc(-c3cccnc3N)n(-c3ccc(CN4CCC5(C4)CN(c4ccc(C=O)c(O)c4)C5)cc3)c2n1. The zero-order valence-corrected chi connectivity index (χ0v) is 26.1. The first-order chi connectivity index (χ1) is 22.4. The summed E-state index contributed by atoms with van der Waals surface area (Å²) < 4.78 is 2.08. The van der Waals surface area contributed by atoms with E-state index >= 15 is 0 Å². The minimum Gasteiger partial charge on any atom is -0.507 e. The third kappa shape index (κ3) is 5.32. The molecule has 2 aliphatic rings. The summed E-state index contributed by atoms with van der Waals surface area (Å²) in [5.74, 6) is 1.17. The van der Waals surface area contributed by atoms with E-state index in [1.54, 1.807) is 18.3 Å². The summed E-state index contributed by atoms with van der Waals surface area (Å²) >= 11 is 0. The van der Waals surface area contributed by atoms with Crippen molar-refractivity contribution in [1.82, 2.24) is 24.4 Å². The molecular weight excluding hydrogens is 574 g/mol. The molecule has 1 spiro atoms. The molecule has 2 saturated heterocycles. The number of fused-ring (bicyclic) bond motifs is 1. The maximum absolute atomic E-state index is 11.1. The number of allylic oxidation sites excluding steroid dienone is 4. The van der Waals surface area contributed by atoms with E-state index in [1.807, 2.05) is 50.3 Å². The molecule has 0 atom stereocenters. The second kappa shape index (κ2) is 11.9. The van der Waals surface area contributed by atoms with Crippen molar-refractivity contribution in [3.8, 4) is 22.8 Å². The van der Waals surface area contributed by atoms with Gasteiger partial charge >= 0.3 is 0 Å². The average Bonchev–Trinajstić information content (AvgIpc) is 3.65. The Kier molecular flexibility index (Phi) is 7.62. The lowest BCUT2D eigenvalue weighted by Crippen LogP contribution is -2.57. The number of hydrogen-bond acceptors (Lipinski definition) is 8. The van der Waals surface area contributed by atoms with Crippen LogP contribution in [0.4, 0.5) is 11.5 Å². The zero-order valence-electron chi connectivity index (χ0n) is 26.1. The number of likely N-dealkylation sites (tertiary alicyclic amines) is 1. The predicted molar refractivity (Wildman–Crippen MR) is 183 cm³/mol. The van der Waals surface area contributed by atoms with Crippen LogP contribution in [0, 0.1) is 5.41 Å². The summed E-state index contributed by atoms with van der Waals surface area (Å²) in [6.07, 6.45) is 9.65. The molecule has 0 amide bonds. The number of carbonyl (C=O) groups excluding carboxylic acids is 1.